The number of amides is 1. The van der Waals surface area contributed by atoms with E-state index in [1.807, 2.05) is 62.4 Å². The summed E-state index contributed by atoms with van der Waals surface area (Å²) >= 11 is 0. The summed E-state index contributed by atoms with van der Waals surface area (Å²) in [6, 6.07) is 15.3. The second kappa shape index (κ2) is 10.6. The van der Waals surface area contributed by atoms with Crippen molar-refractivity contribution in [2.75, 3.05) is 19.8 Å². The highest BCUT2D eigenvalue weighted by Gasteiger charge is 2.12. The van der Waals surface area contributed by atoms with Crippen LogP contribution in [0.25, 0.3) is 0 Å². The number of rotatable bonds is 10. The van der Waals surface area contributed by atoms with Crippen molar-refractivity contribution < 1.29 is 14.3 Å². The highest BCUT2D eigenvalue weighted by molar-refractivity contribution is 5.76. The molecule has 2 rings (SSSR count). The SMILES string of the molecule is CCOCCOc1cc(C)ccc1CNC(=O)CC(N)c1ccccc1. The smallest absolute Gasteiger partial charge is 0.222 e. The van der Waals surface area contributed by atoms with Crippen LogP contribution in [0.1, 0.15) is 36.1 Å². The second-order valence-corrected chi connectivity index (χ2v) is 6.15. The fourth-order valence-electron chi connectivity index (χ4n) is 2.58. The number of hydrogen-bond acceptors (Lipinski definition) is 4. The number of hydrogen-bond donors (Lipinski definition) is 2. The lowest BCUT2D eigenvalue weighted by Gasteiger charge is -2.15. The van der Waals surface area contributed by atoms with E-state index in [1.54, 1.807) is 0 Å². The van der Waals surface area contributed by atoms with Gasteiger partial charge in [0.2, 0.25) is 5.91 Å². The molecular formula is C21H28N2O3. The van der Waals surface area contributed by atoms with Gasteiger partial charge in [-0.2, -0.15) is 0 Å². The molecule has 0 heterocycles. The van der Waals surface area contributed by atoms with Crippen LogP contribution in [-0.4, -0.2) is 25.7 Å². The van der Waals surface area contributed by atoms with Gasteiger partial charge in [-0.25, -0.2) is 0 Å². The normalized spacial score (nSPS) is 11.8. The molecule has 5 heteroatoms. The molecule has 1 amide bonds. The molecule has 5 nitrogen and oxygen atoms in total. The lowest BCUT2D eigenvalue weighted by molar-refractivity contribution is -0.121. The molecule has 0 saturated carbocycles. The zero-order valence-corrected chi connectivity index (χ0v) is 15.5. The third-order valence-corrected chi connectivity index (χ3v) is 4.02. The largest absolute Gasteiger partial charge is 0.491 e. The Morgan fingerprint density at radius 3 is 2.65 bits per heavy atom. The first-order chi connectivity index (χ1) is 12.6. The molecule has 0 aliphatic heterocycles. The number of nitrogens with one attached hydrogen (secondary N) is 1. The predicted octanol–water partition coefficient (Wildman–Crippen LogP) is 3.12. The average molecular weight is 356 g/mol. The molecule has 26 heavy (non-hydrogen) atoms. The summed E-state index contributed by atoms with van der Waals surface area (Å²) < 4.78 is 11.1. The van der Waals surface area contributed by atoms with Crippen molar-refractivity contribution in [3.8, 4) is 5.75 Å². The third kappa shape index (κ3) is 6.50. The topological polar surface area (TPSA) is 73.6 Å². The highest BCUT2D eigenvalue weighted by atomic mass is 16.5. The van der Waals surface area contributed by atoms with Gasteiger partial charge in [-0.3, -0.25) is 4.79 Å². The fraction of sp³-hybridized carbons (Fsp3) is 0.381. The molecule has 0 aromatic heterocycles. The van der Waals surface area contributed by atoms with Crippen LogP contribution < -0.4 is 15.8 Å². The minimum atomic E-state index is -0.309. The summed E-state index contributed by atoms with van der Waals surface area (Å²) in [5.41, 5.74) is 9.11. The van der Waals surface area contributed by atoms with E-state index < -0.39 is 0 Å². The van der Waals surface area contributed by atoms with E-state index in [4.69, 9.17) is 15.2 Å². The first-order valence-electron chi connectivity index (χ1n) is 8.97. The van der Waals surface area contributed by atoms with Gasteiger partial charge in [0.25, 0.3) is 0 Å². The van der Waals surface area contributed by atoms with Gasteiger partial charge in [0.1, 0.15) is 12.4 Å². The molecule has 0 spiro atoms. The molecule has 2 aromatic rings. The van der Waals surface area contributed by atoms with Gasteiger partial charge in [-0.05, 0) is 31.0 Å². The minimum absolute atomic E-state index is 0.0813. The fourth-order valence-corrected chi connectivity index (χ4v) is 2.58. The van der Waals surface area contributed by atoms with Crippen molar-refractivity contribution in [3.05, 3.63) is 65.2 Å². The van der Waals surface area contributed by atoms with Crippen LogP contribution in [0.3, 0.4) is 0 Å². The molecule has 140 valence electrons. The lowest BCUT2D eigenvalue weighted by atomic mass is 10.0. The lowest BCUT2D eigenvalue weighted by Crippen LogP contribution is -2.27. The number of aryl methyl sites for hydroxylation is 1. The van der Waals surface area contributed by atoms with Gasteiger partial charge >= 0.3 is 0 Å². The Hall–Kier alpha value is -2.37. The van der Waals surface area contributed by atoms with E-state index in [1.165, 1.54) is 0 Å². The molecule has 0 radical (unpaired) electrons. The molecule has 3 N–H and O–H groups in total. The number of nitrogens with two attached hydrogens (primary N) is 1. The summed E-state index contributed by atoms with van der Waals surface area (Å²) in [5, 5.41) is 2.93. The summed E-state index contributed by atoms with van der Waals surface area (Å²) in [7, 11) is 0. The number of carbonyl (C=O) groups is 1. The Bertz CT molecular complexity index is 689. The summed E-state index contributed by atoms with van der Waals surface area (Å²) in [6.45, 7) is 6.07. The Kier molecular flexibility index (Phi) is 8.12. The van der Waals surface area contributed by atoms with Crippen molar-refractivity contribution in [1.29, 1.82) is 0 Å². The van der Waals surface area contributed by atoms with E-state index in [0.717, 1.165) is 22.4 Å². The molecule has 1 unspecified atom stereocenters. The van der Waals surface area contributed by atoms with Crippen LogP contribution in [0.5, 0.6) is 5.75 Å². The minimum Gasteiger partial charge on any atom is -0.491 e. The van der Waals surface area contributed by atoms with E-state index >= 15 is 0 Å². The van der Waals surface area contributed by atoms with Crippen molar-refractivity contribution >= 4 is 5.91 Å². The molecule has 0 aliphatic carbocycles. The highest BCUT2D eigenvalue weighted by Crippen LogP contribution is 2.20. The Labute approximate surface area is 155 Å². The second-order valence-electron chi connectivity index (χ2n) is 6.15. The maximum absolute atomic E-state index is 12.2. The summed E-state index contributed by atoms with van der Waals surface area (Å²) in [4.78, 5) is 12.2. The Morgan fingerprint density at radius 1 is 1.15 bits per heavy atom. The van der Waals surface area contributed by atoms with Gasteiger partial charge < -0.3 is 20.5 Å². The standard InChI is InChI=1S/C21H28N2O3/c1-3-25-11-12-26-20-13-16(2)9-10-18(20)15-23-21(24)14-19(22)17-7-5-4-6-8-17/h4-10,13,19H,3,11-12,14-15,22H2,1-2H3,(H,23,24). The van der Waals surface area contributed by atoms with Crippen LogP contribution in [0.4, 0.5) is 0 Å². The van der Waals surface area contributed by atoms with Crippen molar-refractivity contribution in [1.82, 2.24) is 5.32 Å². The summed E-state index contributed by atoms with van der Waals surface area (Å²) in [6.07, 6.45) is 0.246. The number of ether oxygens (including phenoxy) is 2. The number of benzene rings is 2. The molecule has 1 atom stereocenters. The van der Waals surface area contributed by atoms with Gasteiger partial charge in [0, 0.05) is 31.2 Å². The molecular weight excluding hydrogens is 328 g/mol. The van der Waals surface area contributed by atoms with Gasteiger partial charge in [-0.1, -0.05) is 42.5 Å². The van der Waals surface area contributed by atoms with Crippen molar-refractivity contribution in [3.63, 3.8) is 0 Å². The molecule has 2 aromatic carbocycles. The van der Waals surface area contributed by atoms with Gasteiger partial charge in [0.05, 0.1) is 6.61 Å². The van der Waals surface area contributed by atoms with E-state index in [0.29, 0.717) is 26.4 Å². The molecule has 0 aliphatic rings. The van der Waals surface area contributed by atoms with Crippen molar-refractivity contribution in [2.45, 2.75) is 32.9 Å². The Morgan fingerprint density at radius 2 is 1.92 bits per heavy atom. The van der Waals surface area contributed by atoms with E-state index in [9.17, 15) is 4.79 Å². The maximum atomic E-state index is 12.2. The van der Waals surface area contributed by atoms with Crippen LogP contribution in [-0.2, 0) is 16.1 Å². The molecule has 0 saturated heterocycles. The van der Waals surface area contributed by atoms with Crippen LogP contribution in [0.2, 0.25) is 0 Å². The third-order valence-electron chi connectivity index (χ3n) is 4.02. The molecule has 0 fully saturated rings. The Balaban J connectivity index is 1.88. The van der Waals surface area contributed by atoms with Crippen molar-refractivity contribution in [2.24, 2.45) is 5.73 Å². The van der Waals surface area contributed by atoms with E-state index in [-0.39, 0.29) is 18.4 Å². The maximum Gasteiger partial charge on any atom is 0.222 e. The van der Waals surface area contributed by atoms with Crippen LogP contribution in [0.15, 0.2) is 48.5 Å². The van der Waals surface area contributed by atoms with Gasteiger partial charge in [-0.15, -0.1) is 0 Å². The zero-order valence-electron chi connectivity index (χ0n) is 15.5. The first kappa shape index (κ1) is 19.9. The van der Waals surface area contributed by atoms with E-state index in [2.05, 4.69) is 5.32 Å². The quantitative estimate of drug-likeness (QED) is 0.642. The van der Waals surface area contributed by atoms with Crippen LogP contribution >= 0.6 is 0 Å². The number of carbonyl (C=O) groups excluding carboxylic acids is 1. The summed E-state index contributed by atoms with van der Waals surface area (Å²) in [5.74, 6) is 0.694. The van der Waals surface area contributed by atoms with Crippen LogP contribution in [0, 0.1) is 6.92 Å². The zero-order chi connectivity index (χ0) is 18.8. The average Bonchev–Trinajstić information content (AvgIpc) is 2.65. The first-order valence-corrected chi connectivity index (χ1v) is 8.97. The molecule has 0 bridgehead atoms. The predicted molar refractivity (Wildman–Crippen MR) is 103 cm³/mol. The van der Waals surface area contributed by atoms with Gasteiger partial charge in [0.15, 0.2) is 0 Å². The monoisotopic (exact) mass is 356 g/mol.